The van der Waals surface area contributed by atoms with Crippen molar-refractivity contribution in [3.05, 3.63) is 59.8 Å². The summed E-state index contributed by atoms with van der Waals surface area (Å²) in [5.74, 6) is 0.392. The molecule has 2 aromatic carbocycles. The molecule has 0 saturated carbocycles. The third-order valence-electron chi connectivity index (χ3n) is 4.48. The number of carbonyl (C=O) groups is 1. The number of nitrogens with two attached hydrogens (primary N) is 1. The van der Waals surface area contributed by atoms with E-state index in [1.165, 1.54) is 0 Å². The Hall–Kier alpha value is -3.08. The van der Waals surface area contributed by atoms with Crippen molar-refractivity contribution in [2.75, 3.05) is 17.7 Å². The minimum Gasteiger partial charge on any atom is -0.404 e. The first-order chi connectivity index (χ1) is 12.6. The lowest BCUT2D eigenvalue weighted by Gasteiger charge is -2.16. The molecule has 0 radical (unpaired) electrons. The first-order valence-corrected chi connectivity index (χ1v) is 8.74. The zero-order chi connectivity index (χ0) is 18.5. The summed E-state index contributed by atoms with van der Waals surface area (Å²) in [7, 11) is 1.72. The van der Waals surface area contributed by atoms with Crippen LogP contribution in [0.3, 0.4) is 0 Å². The van der Waals surface area contributed by atoms with E-state index in [1.54, 1.807) is 19.5 Å². The summed E-state index contributed by atoms with van der Waals surface area (Å²) in [6.07, 6.45) is 4.71. The van der Waals surface area contributed by atoms with E-state index in [2.05, 4.69) is 22.5 Å². The number of anilines is 3. The number of aliphatic imine (C=N–C) groups is 1. The van der Waals surface area contributed by atoms with Gasteiger partial charge >= 0.3 is 0 Å². The lowest BCUT2D eigenvalue weighted by Crippen LogP contribution is -2.11. The van der Waals surface area contributed by atoms with Crippen LogP contribution in [0.15, 0.2) is 53.7 Å². The van der Waals surface area contributed by atoms with E-state index in [0.717, 1.165) is 40.2 Å². The first-order valence-electron chi connectivity index (χ1n) is 8.74. The second-order valence-corrected chi connectivity index (χ2v) is 6.60. The van der Waals surface area contributed by atoms with Crippen LogP contribution < -0.4 is 16.4 Å². The smallest absolute Gasteiger partial charge is 0.224 e. The highest BCUT2D eigenvalue weighted by Crippen LogP contribution is 2.33. The lowest BCUT2D eigenvalue weighted by atomic mass is 9.97. The minimum absolute atomic E-state index is 0.0800. The van der Waals surface area contributed by atoms with E-state index in [4.69, 9.17) is 5.73 Å². The molecular weight excluding hydrogens is 324 g/mol. The maximum Gasteiger partial charge on any atom is 0.224 e. The fourth-order valence-corrected chi connectivity index (χ4v) is 3.23. The quantitative estimate of drug-likeness (QED) is 0.732. The Labute approximate surface area is 154 Å². The maximum absolute atomic E-state index is 12.0. The maximum atomic E-state index is 12.0. The monoisotopic (exact) mass is 348 g/mol. The van der Waals surface area contributed by atoms with Gasteiger partial charge in [-0.15, -0.1) is 0 Å². The standard InChI is InChI=1S/C21H24N4O/c1-14-10-18-19(4-3-5-20(18)25-21(26)11-14)24-17-8-6-15(7-9-17)16(12-22)13-23-2/h3-9,12-14,24H,10-11,22H2,1-2H3,(H,25,26)/t14-/m0/s1. The number of benzene rings is 2. The number of nitrogens with one attached hydrogen (secondary N) is 2. The van der Waals surface area contributed by atoms with Crippen molar-refractivity contribution in [3.63, 3.8) is 0 Å². The van der Waals surface area contributed by atoms with Gasteiger partial charge in [0.25, 0.3) is 0 Å². The van der Waals surface area contributed by atoms with E-state index in [-0.39, 0.29) is 5.91 Å². The molecule has 0 saturated heterocycles. The van der Waals surface area contributed by atoms with E-state index >= 15 is 0 Å². The predicted octanol–water partition coefficient (Wildman–Crippen LogP) is 3.95. The lowest BCUT2D eigenvalue weighted by molar-refractivity contribution is -0.116. The highest BCUT2D eigenvalue weighted by atomic mass is 16.1. The highest BCUT2D eigenvalue weighted by Gasteiger charge is 2.20. The molecule has 1 aliphatic rings. The Bertz CT molecular complexity index is 853. The fourth-order valence-electron chi connectivity index (χ4n) is 3.23. The summed E-state index contributed by atoms with van der Waals surface area (Å²) < 4.78 is 0. The molecule has 1 heterocycles. The number of fused-ring (bicyclic) bond motifs is 1. The van der Waals surface area contributed by atoms with Crippen molar-refractivity contribution in [1.29, 1.82) is 0 Å². The third-order valence-corrected chi connectivity index (χ3v) is 4.48. The minimum atomic E-state index is 0.0800. The summed E-state index contributed by atoms with van der Waals surface area (Å²) in [4.78, 5) is 16.0. The van der Waals surface area contributed by atoms with Gasteiger partial charge in [-0.25, -0.2) is 0 Å². The summed E-state index contributed by atoms with van der Waals surface area (Å²) in [6.45, 7) is 2.11. The molecule has 134 valence electrons. The number of amides is 1. The zero-order valence-corrected chi connectivity index (χ0v) is 15.1. The third kappa shape index (κ3) is 3.94. The Balaban J connectivity index is 1.86. The number of allylic oxidation sites excluding steroid dienone is 1. The van der Waals surface area contributed by atoms with Crippen LogP contribution in [0.1, 0.15) is 24.5 Å². The van der Waals surface area contributed by atoms with Gasteiger partial charge in [-0.05, 0) is 47.7 Å². The summed E-state index contributed by atoms with van der Waals surface area (Å²) in [5, 5.41) is 6.49. The average Bonchev–Trinajstić information content (AvgIpc) is 2.77. The molecule has 1 aliphatic heterocycles. The SMILES string of the molecule is CN=CC(=CN)c1ccc(Nc2cccc3c2C[C@H](C)CC(=O)N3)cc1. The number of carbonyl (C=O) groups excluding carboxylic acids is 1. The number of hydrogen-bond acceptors (Lipinski definition) is 4. The molecule has 0 unspecified atom stereocenters. The van der Waals surface area contributed by atoms with Crippen molar-refractivity contribution in [3.8, 4) is 0 Å². The average molecular weight is 348 g/mol. The van der Waals surface area contributed by atoms with Gasteiger partial charge in [-0.2, -0.15) is 0 Å². The molecule has 0 fully saturated rings. The van der Waals surface area contributed by atoms with Crippen LogP contribution >= 0.6 is 0 Å². The van der Waals surface area contributed by atoms with Crippen LogP contribution in [-0.4, -0.2) is 19.2 Å². The predicted molar refractivity (Wildman–Crippen MR) is 109 cm³/mol. The molecule has 2 aromatic rings. The van der Waals surface area contributed by atoms with Crippen LogP contribution in [0.5, 0.6) is 0 Å². The second-order valence-electron chi connectivity index (χ2n) is 6.60. The van der Waals surface area contributed by atoms with Crippen LogP contribution in [0.25, 0.3) is 5.57 Å². The molecule has 5 nitrogen and oxygen atoms in total. The van der Waals surface area contributed by atoms with Crippen molar-refractivity contribution in [2.24, 2.45) is 16.6 Å². The summed E-state index contributed by atoms with van der Waals surface area (Å²) >= 11 is 0. The topological polar surface area (TPSA) is 79.5 Å². The molecule has 1 amide bonds. The summed E-state index contributed by atoms with van der Waals surface area (Å²) in [6, 6.07) is 14.0. The molecule has 4 N–H and O–H groups in total. The Morgan fingerprint density at radius 2 is 2.00 bits per heavy atom. The molecule has 5 heteroatoms. The van der Waals surface area contributed by atoms with E-state index < -0.39 is 0 Å². The first kappa shape index (κ1) is 17.7. The zero-order valence-electron chi connectivity index (χ0n) is 15.1. The molecule has 0 spiro atoms. The van der Waals surface area contributed by atoms with Gasteiger partial charge in [0.15, 0.2) is 0 Å². The molecule has 0 aliphatic carbocycles. The Morgan fingerprint density at radius 3 is 2.69 bits per heavy atom. The molecule has 0 bridgehead atoms. The van der Waals surface area contributed by atoms with Gasteiger partial charge in [-0.1, -0.05) is 25.1 Å². The number of nitrogens with zero attached hydrogens (tertiary/aromatic N) is 1. The van der Waals surface area contributed by atoms with E-state index in [9.17, 15) is 4.79 Å². The highest BCUT2D eigenvalue weighted by molar-refractivity contribution is 6.09. The van der Waals surface area contributed by atoms with Crippen LogP contribution in [-0.2, 0) is 11.2 Å². The largest absolute Gasteiger partial charge is 0.404 e. The van der Waals surface area contributed by atoms with Crippen molar-refractivity contribution in [1.82, 2.24) is 0 Å². The van der Waals surface area contributed by atoms with Gasteiger partial charge in [0, 0.05) is 48.5 Å². The fraction of sp³-hybridized carbons (Fsp3) is 0.238. The van der Waals surface area contributed by atoms with Crippen LogP contribution in [0.4, 0.5) is 17.1 Å². The number of hydrogen-bond donors (Lipinski definition) is 3. The normalized spacial score (nSPS) is 17.5. The van der Waals surface area contributed by atoms with Crippen molar-refractivity contribution >= 4 is 34.8 Å². The summed E-state index contributed by atoms with van der Waals surface area (Å²) in [5.41, 5.74) is 11.6. The second kappa shape index (κ2) is 7.87. The molecule has 0 aromatic heterocycles. The van der Waals surface area contributed by atoms with Gasteiger partial charge in [0.2, 0.25) is 5.91 Å². The van der Waals surface area contributed by atoms with Gasteiger partial charge in [-0.3, -0.25) is 9.79 Å². The van der Waals surface area contributed by atoms with E-state index in [0.29, 0.717) is 12.3 Å². The van der Waals surface area contributed by atoms with Crippen molar-refractivity contribution in [2.45, 2.75) is 19.8 Å². The van der Waals surface area contributed by atoms with Gasteiger partial charge in [0.1, 0.15) is 0 Å². The Kier molecular flexibility index (Phi) is 5.37. The van der Waals surface area contributed by atoms with Crippen LogP contribution in [0.2, 0.25) is 0 Å². The van der Waals surface area contributed by atoms with Gasteiger partial charge < -0.3 is 16.4 Å². The van der Waals surface area contributed by atoms with Crippen molar-refractivity contribution < 1.29 is 4.79 Å². The van der Waals surface area contributed by atoms with Gasteiger partial charge in [0.05, 0.1) is 0 Å². The number of rotatable bonds is 4. The van der Waals surface area contributed by atoms with Crippen LogP contribution in [0, 0.1) is 5.92 Å². The molecule has 26 heavy (non-hydrogen) atoms. The molecule has 1 atom stereocenters. The molecule has 3 rings (SSSR count). The van der Waals surface area contributed by atoms with E-state index in [1.807, 2.05) is 42.5 Å². The molecular formula is C21H24N4O. The Morgan fingerprint density at radius 1 is 1.23 bits per heavy atom.